The van der Waals surface area contributed by atoms with Gasteiger partial charge >= 0.3 is 0 Å². The molecule has 0 aliphatic rings. The molecule has 0 aliphatic carbocycles. The van der Waals surface area contributed by atoms with Crippen molar-refractivity contribution in [2.75, 3.05) is 18.5 Å². The third kappa shape index (κ3) is 6.73. The Kier molecular flexibility index (Phi) is 8.61. The van der Waals surface area contributed by atoms with E-state index in [1.165, 1.54) is 0 Å². The second-order valence-corrected chi connectivity index (χ2v) is 7.14. The van der Waals surface area contributed by atoms with Crippen LogP contribution in [0.25, 0.3) is 0 Å². The maximum absolute atomic E-state index is 12.2. The summed E-state index contributed by atoms with van der Waals surface area (Å²) in [5, 5.41) is 6.66. The summed E-state index contributed by atoms with van der Waals surface area (Å²) in [5.74, 6) is 0.666. The summed E-state index contributed by atoms with van der Waals surface area (Å²) in [6.45, 7) is 9.16. The summed E-state index contributed by atoms with van der Waals surface area (Å²) >= 11 is 6.42. The lowest BCUT2D eigenvalue weighted by Crippen LogP contribution is -2.24. The summed E-state index contributed by atoms with van der Waals surface area (Å²) in [6, 6.07) is 11.7. The fraction of sp³-hybridized carbons (Fsp3) is 0.409. The van der Waals surface area contributed by atoms with E-state index in [1.807, 2.05) is 50.2 Å². The van der Waals surface area contributed by atoms with Gasteiger partial charge in [-0.25, -0.2) is 0 Å². The number of nitrogens with one attached hydrogen (secondary N) is 2. The van der Waals surface area contributed by atoms with Crippen molar-refractivity contribution in [1.82, 2.24) is 5.32 Å². The van der Waals surface area contributed by atoms with Crippen molar-refractivity contribution in [3.8, 4) is 11.5 Å². The lowest BCUT2D eigenvalue weighted by atomic mass is 10.1. The summed E-state index contributed by atoms with van der Waals surface area (Å²) in [7, 11) is 0. The van der Waals surface area contributed by atoms with Crippen LogP contribution in [0.2, 0.25) is 5.02 Å². The van der Waals surface area contributed by atoms with E-state index < -0.39 is 0 Å². The lowest BCUT2D eigenvalue weighted by Gasteiger charge is -2.17. The number of rotatable bonds is 10. The molecule has 0 heterocycles. The number of anilines is 1. The van der Waals surface area contributed by atoms with Crippen molar-refractivity contribution in [3.63, 3.8) is 0 Å². The van der Waals surface area contributed by atoms with Crippen molar-refractivity contribution >= 4 is 23.2 Å². The largest absolute Gasteiger partial charge is 0.490 e. The van der Waals surface area contributed by atoms with Crippen LogP contribution in [0.4, 0.5) is 5.69 Å². The normalized spacial score (nSPS) is 11.8. The Bertz CT molecular complexity index is 778. The van der Waals surface area contributed by atoms with E-state index in [0.717, 1.165) is 23.2 Å². The number of benzene rings is 2. The number of aryl methyl sites for hydroxylation is 1. The molecule has 2 N–H and O–H groups in total. The summed E-state index contributed by atoms with van der Waals surface area (Å²) in [6.07, 6.45) is 1.04. The lowest BCUT2D eigenvalue weighted by molar-refractivity contribution is -0.118. The molecule has 0 fully saturated rings. The minimum atomic E-state index is -0.259. The Balaban J connectivity index is 2.04. The molecule has 2 aromatic carbocycles. The predicted octanol–water partition coefficient (Wildman–Crippen LogP) is 4.95. The average molecular weight is 405 g/mol. The van der Waals surface area contributed by atoms with Crippen LogP contribution in [0.5, 0.6) is 11.5 Å². The smallest absolute Gasteiger partial charge is 0.262 e. The molecule has 6 heteroatoms. The molecule has 2 aromatic rings. The van der Waals surface area contributed by atoms with Crippen LogP contribution in [-0.2, 0) is 11.3 Å². The zero-order valence-electron chi connectivity index (χ0n) is 17.0. The zero-order chi connectivity index (χ0) is 20.5. The Morgan fingerprint density at radius 3 is 2.50 bits per heavy atom. The number of carbonyl (C=O) groups is 1. The first-order chi connectivity index (χ1) is 13.4. The minimum absolute atomic E-state index is 0.155. The van der Waals surface area contributed by atoms with E-state index in [0.29, 0.717) is 35.7 Å². The minimum Gasteiger partial charge on any atom is -0.490 e. The highest BCUT2D eigenvalue weighted by molar-refractivity contribution is 6.32. The SMILES string of the molecule is CCOc1cc(CN[C@@H](C)CC)cc(Cl)c1OCC(=O)Nc1ccc(C)cc1. The highest BCUT2D eigenvalue weighted by Crippen LogP contribution is 2.36. The van der Waals surface area contributed by atoms with Gasteiger partial charge < -0.3 is 20.1 Å². The van der Waals surface area contributed by atoms with Crippen molar-refractivity contribution < 1.29 is 14.3 Å². The van der Waals surface area contributed by atoms with Gasteiger partial charge in [0.05, 0.1) is 11.6 Å². The Morgan fingerprint density at radius 2 is 1.86 bits per heavy atom. The highest BCUT2D eigenvalue weighted by Gasteiger charge is 2.15. The van der Waals surface area contributed by atoms with Crippen LogP contribution in [0.3, 0.4) is 0 Å². The predicted molar refractivity (Wildman–Crippen MR) is 115 cm³/mol. The molecular weight excluding hydrogens is 376 g/mol. The second kappa shape index (κ2) is 10.9. The molecule has 0 unspecified atom stereocenters. The van der Waals surface area contributed by atoms with Gasteiger partial charge in [-0.05, 0) is 57.0 Å². The molecule has 0 radical (unpaired) electrons. The van der Waals surface area contributed by atoms with Gasteiger partial charge in [0, 0.05) is 18.3 Å². The standard InChI is InChI=1S/C22H29ClN2O3/c1-5-16(4)24-13-17-11-19(23)22(20(12-17)27-6-2)28-14-21(26)25-18-9-7-15(3)8-10-18/h7-12,16,24H,5-6,13-14H2,1-4H3,(H,25,26)/t16-/m0/s1. The maximum Gasteiger partial charge on any atom is 0.262 e. The summed E-state index contributed by atoms with van der Waals surface area (Å²) in [4.78, 5) is 12.2. The summed E-state index contributed by atoms with van der Waals surface area (Å²) < 4.78 is 11.4. The van der Waals surface area contributed by atoms with E-state index in [9.17, 15) is 4.79 Å². The maximum atomic E-state index is 12.2. The fourth-order valence-electron chi connectivity index (χ4n) is 2.53. The molecule has 2 rings (SSSR count). The molecule has 0 spiro atoms. The Morgan fingerprint density at radius 1 is 1.14 bits per heavy atom. The number of hydrogen-bond donors (Lipinski definition) is 2. The van der Waals surface area contributed by atoms with Gasteiger partial charge in [0.15, 0.2) is 18.1 Å². The first kappa shape index (κ1) is 22.1. The van der Waals surface area contributed by atoms with Crippen LogP contribution in [0, 0.1) is 6.92 Å². The van der Waals surface area contributed by atoms with E-state index >= 15 is 0 Å². The molecule has 0 bridgehead atoms. The average Bonchev–Trinajstić information content (AvgIpc) is 2.67. The van der Waals surface area contributed by atoms with Gasteiger partial charge in [0.2, 0.25) is 0 Å². The number of hydrogen-bond acceptors (Lipinski definition) is 4. The molecule has 0 saturated carbocycles. The summed E-state index contributed by atoms with van der Waals surface area (Å²) in [5.41, 5.74) is 2.86. The third-order valence-corrected chi connectivity index (χ3v) is 4.60. The van der Waals surface area contributed by atoms with E-state index in [1.54, 1.807) is 0 Å². The number of amides is 1. The van der Waals surface area contributed by atoms with Crippen molar-refractivity contribution in [2.45, 2.75) is 46.7 Å². The number of halogens is 1. The van der Waals surface area contributed by atoms with E-state index in [4.69, 9.17) is 21.1 Å². The van der Waals surface area contributed by atoms with Crippen LogP contribution in [0.15, 0.2) is 36.4 Å². The van der Waals surface area contributed by atoms with Crippen LogP contribution in [0.1, 0.15) is 38.3 Å². The monoisotopic (exact) mass is 404 g/mol. The van der Waals surface area contributed by atoms with Crippen LogP contribution < -0.4 is 20.1 Å². The molecule has 0 aliphatic heterocycles. The molecule has 0 saturated heterocycles. The molecule has 28 heavy (non-hydrogen) atoms. The van der Waals surface area contributed by atoms with Crippen LogP contribution >= 0.6 is 11.6 Å². The van der Waals surface area contributed by atoms with E-state index in [2.05, 4.69) is 24.5 Å². The third-order valence-electron chi connectivity index (χ3n) is 4.32. The first-order valence-corrected chi connectivity index (χ1v) is 9.98. The number of carbonyl (C=O) groups excluding carboxylic acids is 1. The fourth-order valence-corrected chi connectivity index (χ4v) is 2.82. The van der Waals surface area contributed by atoms with E-state index in [-0.39, 0.29) is 12.5 Å². The van der Waals surface area contributed by atoms with Gasteiger partial charge in [0.1, 0.15) is 0 Å². The van der Waals surface area contributed by atoms with Crippen molar-refractivity contribution in [3.05, 3.63) is 52.5 Å². The van der Waals surface area contributed by atoms with Crippen molar-refractivity contribution in [2.24, 2.45) is 0 Å². The van der Waals surface area contributed by atoms with Gasteiger partial charge in [-0.15, -0.1) is 0 Å². The van der Waals surface area contributed by atoms with Crippen molar-refractivity contribution in [1.29, 1.82) is 0 Å². The van der Waals surface area contributed by atoms with Crippen LogP contribution in [-0.4, -0.2) is 25.2 Å². The molecule has 5 nitrogen and oxygen atoms in total. The Hall–Kier alpha value is -2.24. The highest BCUT2D eigenvalue weighted by atomic mass is 35.5. The molecule has 0 aromatic heterocycles. The number of ether oxygens (including phenoxy) is 2. The molecule has 152 valence electrons. The molecular formula is C22H29ClN2O3. The quantitative estimate of drug-likeness (QED) is 0.588. The Labute approximate surface area is 172 Å². The van der Waals surface area contributed by atoms with Gasteiger partial charge in [0.25, 0.3) is 5.91 Å². The van der Waals surface area contributed by atoms with Gasteiger partial charge in [-0.2, -0.15) is 0 Å². The zero-order valence-corrected chi connectivity index (χ0v) is 17.7. The van der Waals surface area contributed by atoms with Gasteiger partial charge in [-0.1, -0.05) is 36.2 Å². The first-order valence-electron chi connectivity index (χ1n) is 9.60. The molecule has 1 atom stereocenters. The topological polar surface area (TPSA) is 59.6 Å². The van der Waals surface area contributed by atoms with Gasteiger partial charge in [-0.3, -0.25) is 4.79 Å². The molecule has 1 amide bonds. The second-order valence-electron chi connectivity index (χ2n) is 6.73.